The Morgan fingerprint density at radius 1 is 1.25 bits per heavy atom. The molecular formula is C22H21ClN2O2S. The molecule has 0 spiro atoms. The summed E-state index contributed by atoms with van der Waals surface area (Å²) >= 11 is 7.71. The van der Waals surface area contributed by atoms with Gasteiger partial charge in [0.05, 0.1) is 28.4 Å². The number of fused-ring (bicyclic) bond motifs is 1. The molecule has 0 aliphatic heterocycles. The van der Waals surface area contributed by atoms with Gasteiger partial charge in [-0.05, 0) is 42.8 Å². The largest absolute Gasteiger partial charge is 0.494 e. The highest BCUT2D eigenvalue weighted by molar-refractivity contribution is 7.16. The molecule has 4 nitrogen and oxygen atoms in total. The molecule has 1 amide bonds. The highest BCUT2D eigenvalue weighted by Gasteiger charge is 2.11. The molecule has 0 saturated carbocycles. The van der Waals surface area contributed by atoms with Gasteiger partial charge in [0.15, 0.2) is 4.80 Å². The summed E-state index contributed by atoms with van der Waals surface area (Å²) in [7, 11) is 0. The van der Waals surface area contributed by atoms with Crippen molar-refractivity contribution >= 4 is 39.1 Å². The topological polar surface area (TPSA) is 43.6 Å². The van der Waals surface area contributed by atoms with E-state index in [9.17, 15) is 4.79 Å². The average molecular weight is 413 g/mol. The van der Waals surface area contributed by atoms with E-state index in [1.165, 1.54) is 11.3 Å². The smallest absolute Gasteiger partial charge is 0.279 e. The van der Waals surface area contributed by atoms with Crippen LogP contribution >= 0.6 is 22.9 Å². The molecule has 0 unspecified atom stereocenters. The molecule has 6 heteroatoms. The number of unbranched alkanes of at least 4 members (excludes halogenated alkanes) is 2. The van der Waals surface area contributed by atoms with E-state index >= 15 is 0 Å². The first-order chi connectivity index (χ1) is 13.6. The van der Waals surface area contributed by atoms with Crippen molar-refractivity contribution in [3.63, 3.8) is 0 Å². The molecule has 3 aromatic rings. The van der Waals surface area contributed by atoms with E-state index in [1.54, 1.807) is 34.9 Å². The van der Waals surface area contributed by atoms with Crippen molar-refractivity contribution in [3.05, 3.63) is 57.9 Å². The van der Waals surface area contributed by atoms with Gasteiger partial charge >= 0.3 is 0 Å². The minimum atomic E-state index is -0.328. The number of hydrogen-bond donors (Lipinski definition) is 0. The second-order valence-corrected chi connectivity index (χ2v) is 7.67. The second-order valence-electron chi connectivity index (χ2n) is 6.26. The number of rotatable bonds is 7. The van der Waals surface area contributed by atoms with Crippen LogP contribution in [0.3, 0.4) is 0 Å². The van der Waals surface area contributed by atoms with Crippen molar-refractivity contribution in [3.8, 4) is 18.1 Å². The van der Waals surface area contributed by atoms with Gasteiger partial charge < -0.3 is 9.30 Å². The van der Waals surface area contributed by atoms with Crippen LogP contribution in [0.25, 0.3) is 10.2 Å². The van der Waals surface area contributed by atoms with Gasteiger partial charge in [-0.25, -0.2) is 0 Å². The number of halogens is 1. The SMILES string of the molecule is C#CCn1c(=NC(=O)c2ccc(OCCCCC)cc2)sc2cccc(Cl)c21. The summed E-state index contributed by atoms with van der Waals surface area (Å²) in [5.74, 6) is 3.03. The zero-order chi connectivity index (χ0) is 19.9. The minimum Gasteiger partial charge on any atom is -0.494 e. The Morgan fingerprint density at radius 2 is 2.04 bits per heavy atom. The Balaban J connectivity index is 1.85. The maximum Gasteiger partial charge on any atom is 0.279 e. The monoisotopic (exact) mass is 412 g/mol. The minimum absolute atomic E-state index is 0.292. The van der Waals surface area contributed by atoms with E-state index in [1.807, 2.05) is 12.1 Å². The highest BCUT2D eigenvalue weighted by atomic mass is 35.5. The first-order valence-electron chi connectivity index (χ1n) is 9.17. The molecule has 1 aromatic heterocycles. The van der Waals surface area contributed by atoms with Crippen LogP contribution in [0.2, 0.25) is 5.02 Å². The van der Waals surface area contributed by atoms with Crippen LogP contribution in [0.4, 0.5) is 0 Å². The Morgan fingerprint density at radius 3 is 2.75 bits per heavy atom. The van der Waals surface area contributed by atoms with E-state index in [0.29, 0.717) is 28.5 Å². The Kier molecular flexibility index (Phi) is 6.91. The van der Waals surface area contributed by atoms with Gasteiger partial charge in [-0.2, -0.15) is 4.99 Å². The molecule has 0 bridgehead atoms. The fourth-order valence-corrected chi connectivity index (χ4v) is 4.18. The van der Waals surface area contributed by atoms with Crippen LogP contribution in [0.15, 0.2) is 47.5 Å². The van der Waals surface area contributed by atoms with Crippen molar-refractivity contribution in [2.24, 2.45) is 4.99 Å². The lowest BCUT2D eigenvalue weighted by Crippen LogP contribution is -2.16. The molecule has 0 N–H and O–H groups in total. The number of carbonyl (C=O) groups is 1. The van der Waals surface area contributed by atoms with Crippen molar-refractivity contribution in [2.45, 2.75) is 32.7 Å². The van der Waals surface area contributed by atoms with Crippen molar-refractivity contribution in [2.75, 3.05) is 6.61 Å². The lowest BCUT2D eigenvalue weighted by molar-refractivity contribution is 0.0998. The third-order valence-corrected chi connectivity index (χ3v) is 5.56. The van der Waals surface area contributed by atoms with Crippen LogP contribution in [0.5, 0.6) is 5.75 Å². The van der Waals surface area contributed by atoms with Crippen LogP contribution in [0.1, 0.15) is 36.5 Å². The molecule has 144 valence electrons. The number of amides is 1. The number of carbonyl (C=O) groups excluding carboxylic acids is 1. The quantitative estimate of drug-likeness (QED) is 0.390. The van der Waals surface area contributed by atoms with E-state index in [2.05, 4.69) is 17.8 Å². The van der Waals surface area contributed by atoms with Gasteiger partial charge in [0.1, 0.15) is 5.75 Å². The number of terminal acetylenes is 1. The standard InChI is InChI=1S/C22H21ClN2O2S/c1-3-5-6-15-27-17-12-10-16(11-13-17)21(26)24-22-25(14-4-2)20-18(23)8-7-9-19(20)28-22/h2,7-13H,3,5-6,14-15H2,1H3. The number of thiazole rings is 1. The molecule has 28 heavy (non-hydrogen) atoms. The van der Waals surface area contributed by atoms with Crippen LogP contribution in [-0.2, 0) is 6.54 Å². The number of ether oxygens (including phenoxy) is 1. The van der Waals surface area contributed by atoms with Gasteiger partial charge in [-0.1, -0.05) is 54.7 Å². The fraction of sp³-hybridized carbons (Fsp3) is 0.273. The summed E-state index contributed by atoms with van der Waals surface area (Å²) in [6.45, 7) is 3.13. The lowest BCUT2D eigenvalue weighted by Gasteiger charge is -2.05. The molecule has 0 aliphatic carbocycles. The van der Waals surface area contributed by atoms with E-state index in [-0.39, 0.29) is 5.91 Å². The van der Waals surface area contributed by atoms with E-state index in [0.717, 1.165) is 35.2 Å². The molecular weight excluding hydrogens is 392 g/mol. The molecule has 0 saturated heterocycles. The first kappa shape index (κ1) is 20.2. The average Bonchev–Trinajstić information content (AvgIpc) is 3.04. The summed E-state index contributed by atoms with van der Waals surface area (Å²) in [6, 6.07) is 12.7. The Labute approximate surface area is 173 Å². The molecule has 0 atom stereocenters. The summed E-state index contributed by atoms with van der Waals surface area (Å²) in [4.78, 5) is 17.5. The normalized spacial score (nSPS) is 11.5. The fourth-order valence-electron chi connectivity index (χ4n) is 2.80. The molecule has 1 heterocycles. The summed E-state index contributed by atoms with van der Waals surface area (Å²) < 4.78 is 8.42. The lowest BCUT2D eigenvalue weighted by atomic mass is 10.2. The predicted octanol–water partition coefficient (Wildman–Crippen LogP) is 5.30. The maximum absolute atomic E-state index is 12.6. The summed E-state index contributed by atoms with van der Waals surface area (Å²) in [6.07, 6.45) is 8.82. The summed E-state index contributed by atoms with van der Waals surface area (Å²) in [5.41, 5.74) is 1.30. The molecule has 0 radical (unpaired) electrons. The Hall–Kier alpha value is -2.55. The van der Waals surface area contributed by atoms with Crippen LogP contribution in [-0.4, -0.2) is 17.1 Å². The number of para-hydroxylation sites is 1. The molecule has 3 rings (SSSR count). The zero-order valence-electron chi connectivity index (χ0n) is 15.7. The van der Waals surface area contributed by atoms with E-state index < -0.39 is 0 Å². The van der Waals surface area contributed by atoms with Crippen LogP contribution in [0, 0.1) is 12.3 Å². The number of benzene rings is 2. The molecule has 2 aromatic carbocycles. The van der Waals surface area contributed by atoms with Gasteiger partial charge in [0.2, 0.25) is 0 Å². The predicted molar refractivity (Wildman–Crippen MR) is 115 cm³/mol. The summed E-state index contributed by atoms with van der Waals surface area (Å²) in [5, 5.41) is 0.586. The zero-order valence-corrected chi connectivity index (χ0v) is 17.2. The van der Waals surface area contributed by atoms with Gasteiger partial charge in [-0.3, -0.25) is 4.79 Å². The van der Waals surface area contributed by atoms with Gasteiger partial charge in [-0.15, -0.1) is 6.42 Å². The third-order valence-electron chi connectivity index (χ3n) is 4.22. The number of aromatic nitrogens is 1. The molecule has 0 fully saturated rings. The maximum atomic E-state index is 12.6. The number of nitrogens with zero attached hydrogens (tertiary/aromatic N) is 2. The second kappa shape index (κ2) is 9.59. The first-order valence-corrected chi connectivity index (χ1v) is 10.4. The van der Waals surface area contributed by atoms with Crippen molar-refractivity contribution in [1.82, 2.24) is 4.57 Å². The van der Waals surface area contributed by atoms with Crippen molar-refractivity contribution in [1.29, 1.82) is 0 Å². The van der Waals surface area contributed by atoms with Gasteiger partial charge in [0, 0.05) is 5.56 Å². The third kappa shape index (κ3) is 4.64. The molecule has 0 aliphatic rings. The number of hydrogen-bond acceptors (Lipinski definition) is 3. The van der Waals surface area contributed by atoms with Gasteiger partial charge in [0.25, 0.3) is 5.91 Å². The van der Waals surface area contributed by atoms with Crippen LogP contribution < -0.4 is 9.54 Å². The Bertz CT molecular complexity index is 1070. The van der Waals surface area contributed by atoms with E-state index in [4.69, 9.17) is 22.8 Å². The highest BCUT2D eigenvalue weighted by Crippen LogP contribution is 2.25. The van der Waals surface area contributed by atoms with Crippen molar-refractivity contribution < 1.29 is 9.53 Å².